The Labute approximate surface area is 161 Å². The van der Waals surface area contributed by atoms with E-state index in [0.717, 1.165) is 0 Å². The van der Waals surface area contributed by atoms with Crippen molar-refractivity contribution in [1.82, 2.24) is 0 Å². The molecule has 2 fully saturated rings. The second-order valence-corrected chi connectivity index (χ2v) is 9.27. The summed E-state index contributed by atoms with van der Waals surface area (Å²) in [5.41, 5.74) is 1.10. The molecule has 0 aliphatic heterocycles. The van der Waals surface area contributed by atoms with E-state index in [1.165, 1.54) is 0 Å². The van der Waals surface area contributed by atoms with E-state index in [4.69, 9.17) is 9.05 Å². The van der Waals surface area contributed by atoms with Crippen LogP contribution in [0, 0.1) is 11.8 Å². The summed E-state index contributed by atoms with van der Waals surface area (Å²) in [5.74, 6) is 0.000791. The van der Waals surface area contributed by atoms with Crippen LogP contribution in [0.4, 0.5) is 0 Å². The van der Waals surface area contributed by atoms with Gasteiger partial charge in [-0.05, 0) is 76.4 Å². The molecule has 152 valence electrons. The van der Waals surface area contributed by atoms with Gasteiger partial charge in [-0.15, -0.1) is 0 Å². The molecule has 0 aromatic rings. The molecule has 0 saturated heterocycles. The number of ketones is 2. The van der Waals surface area contributed by atoms with Crippen LogP contribution in [0.1, 0.15) is 65.2 Å². The fraction of sp³-hybridized carbons (Fsp3) is 0.700. The summed E-state index contributed by atoms with van der Waals surface area (Å²) in [6.07, 6.45) is 3.97. The Balaban J connectivity index is 1.77. The van der Waals surface area contributed by atoms with Gasteiger partial charge in [-0.2, -0.15) is 0 Å². The molecule has 0 unspecified atom stereocenters. The van der Waals surface area contributed by atoms with Gasteiger partial charge in [0.05, 0.1) is 12.2 Å². The number of carbonyl (C=O) groups excluding carboxylic acids is 2. The molecule has 0 spiro atoms. The quantitative estimate of drug-likeness (QED) is 0.477. The van der Waals surface area contributed by atoms with Gasteiger partial charge in [0, 0.05) is 11.8 Å². The number of hydrogen-bond donors (Lipinski definition) is 1. The highest BCUT2D eigenvalue weighted by molar-refractivity contribution is 7.47. The van der Waals surface area contributed by atoms with Gasteiger partial charge in [0.1, 0.15) is 0 Å². The van der Waals surface area contributed by atoms with E-state index >= 15 is 0 Å². The third-order valence-electron chi connectivity index (χ3n) is 5.50. The van der Waals surface area contributed by atoms with Crippen LogP contribution in [0.5, 0.6) is 0 Å². The van der Waals surface area contributed by atoms with E-state index in [0.29, 0.717) is 62.5 Å². The minimum Gasteiger partial charge on any atom is -0.302 e. The van der Waals surface area contributed by atoms with E-state index in [1.807, 2.05) is 0 Å². The largest absolute Gasteiger partial charge is 0.472 e. The number of phosphoric ester groups is 1. The van der Waals surface area contributed by atoms with Crippen molar-refractivity contribution in [1.29, 1.82) is 0 Å². The Morgan fingerprint density at radius 3 is 1.33 bits per heavy atom. The van der Waals surface area contributed by atoms with Gasteiger partial charge in [-0.25, -0.2) is 4.57 Å². The Kier molecular flexibility index (Phi) is 7.75. The average Bonchev–Trinajstić information content (AvgIpc) is 2.61. The maximum absolute atomic E-state index is 12.3. The Morgan fingerprint density at radius 1 is 0.778 bits per heavy atom. The first-order chi connectivity index (χ1) is 12.6. The van der Waals surface area contributed by atoms with Crippen molar-refractivity contribution >= 4 is 19.4 Å². The number of allylic oxidation sites excluding steroid dienone is 2. The molecule has 0 aromatic carbocycles. The first-order valence-corrected chi connectivity index (χ1v) is 11.2. The van der Waals surface area contributed by atoms with Crippen LogP contribution in [0.25, 0.3) is 0 Å². The third kappa shape index (κ3) is 6.49. The minimum atomic E-state index is -4.16. The van der Waals surface area contributed by atoms with Gasteiger partial charge in [0.2, 0.25) is 0 Å². The van der Waals surface area contributed by atoms with Crippen LogP contribution >= 0.6 is 7.82 Å². The number of hydrogen-bond acceptors (Lipinski definition) is 5. The standard InChI is InChI=1S/C20H31O6P/c1-13(2)19(21)15-5-9-17(10-6-15)25-27(23,24)26-18-11-7-16(8-12-18)20(22)14(3)4/h15-18H,1,3,5-12H2,2,4H3,(H,23,24). The van der Waals surface area contributed by atoms with Crippen molar-refractivity contribution < 1.29 is 28.1 Å². The van der Waals surface area contributed by atoms with Gasteiger partial charge < -0.3 is 4.89 Å². The highest BCUT2D eigenvalue weighted by atomic mass is 31.2. The molecule has 7 heteroatoms. The molecule has 2 rings (SSSR count). The van der Waals surface area contributed by atoms with Gasteiger partial charge >= 0.3 is 7.82 Å². The molecule has 2 aliphatic carbocycles. The lowest BCUT2D eigenvalue weighted by Gasteiger charge is -2.31. The van der Waals surface area contributed by atoms with Crippen molar-refractivity contribution in [3.8, 4) is 0 Å². The number of carbonyl (C=O) groups is 2. The normalized spacial score (nSPS) is 30.9. The maximum atomic E-state index is 12.3. The summed E-state index contributed by atoms with van der Waals surface area (Å²) >= 11 is 0. The molecule has 0 radical (unpaired) electrons. The Bertz CT molecular complexity index is 587. The van der Waals surface area contributed by atoms with E-state index in [-0.39, 0.29) is 35.6 Å². The van der Waals surface area contributed by atoms with Crippen molar-refractivity contribution in [2.45, 2.75) is 77.4 Å². The van der Waals surface area contributed by atoms with Gasteiger partial charge in [-0.3, -0.25) is 18.6 Å². The van der Waals surface area contributed by atoms with Crippen LogP contribution in [0.3, 0.4) is 0 Å². The van der Waals surface area contributed by atoms with Crippen molar-refractivity contribution in [3.63, 3.8) is 0 Å². The topological polar surface area (TPSA) is 89.9 Å². The Hall–Kier alpha value is -1.07. The maximum Gasteiger partial charge on any atom is 0.472 e. The van der Waals surface area contributed by atoms with E-state index in [9.17, 15) is 19.0 Å². The highest BCUT2D eigenvalue weighted by Gasteiger charge is 2.36. The monoisotopic (exact) mass is 398 g/mol. The van der Waals surface area contributed by atoms with E-state index in [2.05, 4.69) is 13.2 Å². The molecule has 0 aromatic heterocycles. The molecule has 0 bridgehead atoms. The second-order valence-electron chi connectivity index (χ2n) is 7.92. The smallest absolute Gasteiger partial charge is 0.302 e. The lowest BCUT2D eigenvalue weighted by Crippen LogP contribution is -2.28. The zero-order valence-electron chi connectivity index (χ0n) is 16.3. The summed E-state index contributed by atoms with van der Waals surface area (Å²) in [6, 6.07) is 0. The van der Waals surface area contributed by atoms with Gasteiger partial charge in [0.15, 0.2) is 11.6 Å². The van der Waals surface area contributed by atoms with Crippen LogP contribution < -0.4 is 0 Å². The average molecular weight is 398 g/mol. The predicted octanol–water partition coefficient (Wildman–Crippen LogP) is 4.53. The van der Waals surface area contributed by atoms with Crippen molar-refractivity contribution in [2.75, 3.05) is 0 Å². The van der Waals surface area contributed by atoms with E-state index in [1.54, 1.807) is 13.8 Å². The minimum absolute atomic E-state index is 0.0671. The first kappa shape index (κ1) is 22.2. The van der Waals surface area contributed by atoms with Crippen LogP contribution in [0.15, 0.2) is 24.3 Å². The second kappa shape index (κ2) is 9.42. The molecule has 1 N–H and O–H groups in total. The van der Waals surface area contributed by atoms with Crippen LogP contribution in [0.2, 0.25) is 0 Å². The zero-order valence-corrected chi connectivity index (χ0v) is 17.2. The SMILES string of the molecule is C=C(C)C(=O)C1CCC(OP(=O)(O)OC2CCC(C(=O)C(=C)C)CC2)CC1. The lowest BCUT2D eigenvalue weighted by atomic mass is 9.83. The Morgan fingerprint density at radius 2 is 1.07 bits per heavy atom. The third-order valence-corrected chi connectivity index (χ3v) is 6.62. The molecule has 0 atom stereocenters. The van der Waals surface area contributed by atoms with E-state index < -0.39 is 7.82 Å². The first-order valence-electron chi connectivity index (χ1n) is 9.68. The zero-order chi connectivity index (χ0) is 20.2. The molecule has 2 saturated carbocycles. The van der Waals surface area contributed by atoms with Crippen molar-refractivity contribution in [3.05, 3.63) is 24.3 Å². The fourth-order valence-electron chi connectivity index (χ4n) is 3.96. The molecule has 6 nitrogen and oxygen atoms in total. The molecular formula is C20H31O6P. The lowest BCUT2D eigenvalue weighted by molar-refractivity contribution is -0.121. The predicted molar refractivity (Wildman–Crippen MR) is 103 cm³/mol. The summed E-state index contributed by atoms with van der Waals surface area (Å²) in [4.78, 5) is 34.0. The highest BCUT2D eigenvalue weighted by Crippen LogP contribution is 2.50. The molecule has 0 heterocycles. The fourth-order valence-corrected chi connectivity index (χ4v) is 5.18. The summed E-state index contributed by atoms with van der Waals surface area (Å²) in [7, 11) is -4.16. The number of Topliss-reactive ketones (excluding diaryl/α,β-unsaturated/α-hetero) is 2. The van der Waals surface area contributed by atoms with Crippen molar-refractivity contribution in [2.24, 2.45) is 11.8 Å². The molecule has 0 amide bonds. The molecule has 27 heavy (non-hydrogen) atoms. The summed E-state index contributed by atoms with van der Waals surface area (Å²) < 4.78 is 23.1. The van der Waals surface area contributed by atoms with Gasteiger partial charge in [0.25, 0.3) is 0 Å². The summed E-state index contributed by atoms with van der Waals surface area (Å²) in [6.45, 7) is 10.8. The number of rotatable bonds is 8. The van der Waals surface area contributed by atoms with Crippen LogP contribution in [-0.2, 0) is 23.2 Å². The van der Waals surface area contributed by atoms with Gasteiger partial charge in [-0.1, -0.05) is 13.2 Å². The number of phosphoric acid groups is 1. The summed E-state index contributed by atoms with van der Waals surface area (Å²) in [5, 5.41) is 0. The molecular weight excluding hydrogens is 367 g/mol. The van der Waals surface area contributed by atoms with Crippen LogP contribution in [-0.4, -0.2) is 28.7 Å². The molecule has 2 aliphatic rings.